The number of aromatic nitrogens is 1. The van der Waals surface area contributed by atoms with Gasteiger partial charge in [0.25, 0.3) is 0 Å². The fraction of sp³-hybridized carbons (Fsp3) is 0.565. The zero-order valence-corrected chi connectivity index (χ0v) is 22.3. The van der Waals surface area contributed by atoms with Crippen LogP contribution in [0.25, 0.3) is 0 Å². The number of hydrogen-bond donors (Lipinski definition) is 1. The maximum atomic E-state index is 5.88. The molecule has 1 aliphatic rings. The monoisotopic (exact) mass is 557 g/mol. The molecule has 3 rings (SSSR count). The average molecular weight is 557 g/mol. The van der Waals surface area contributed by atoms with Crippen LogP contribution < -0.4 is 14.8 Å². The third-order valence-corrected chi connectivity index (χ3v) is 5.46. The van der Waals surface area contributed by atoms with Crippen molar-refractivity contribution in [1.82, 2.24) is 20.1 Å². The number of hydrogen-bond acceptors (Lipinski definition) is 6. The van der Waals surface area contributed by atoms with Gasteiger partial charge in [0.2, 0.25) is 5.89 Å². The third-order valence-electron chi connectivity index (χ3n) is 5.46. The van der Waals surface area contributed by atoms with Crippen molar-refractivity contribution in [2.45, 2.75) is 39.3 Å². The van der Waals surface area contributed by atoms with Gasteiger partial charge in [-0.3, -0.25) is 9.89 Å². The molecule has 2 heterocycles. The van der Waals surface area contributed by atoms with E-state index >= 15 is 0 Å². The summed E-state index contributed by atoms with van der Waals surface area (Å²) >= 11 is 0. The highest BCUT2D eigenvalue weighted by Gasteiger charge is 2.22. The van der Waals surface area contributed by atoms with Crippen LogP contribution in [0.4, 0.5) is 0 Å². The molecule has 1 aliphatic heterocycles. The lowest BCUT2D eigenvalue weighted by atomic mass is 9.94. The van der Waals surface area contributed by atoms with Crippen LogP contribution in [-0.4, -0.2) is 68.2 Å². The molecule has 0 unspecified atom stereocenters. The van der Waals surface area contributed by atoms with Crippen molar-refractivity contribution in [2.75, 3.05) is 47.4 Å². The van der Waals surface area contributed by atoms with Crippen molar-refractivity contribution in [2.24, 2.45) is 4.99 Å². The Hall–Kier alpha value is -2.01. The average Bonchev–Trinajstić information content (AvgIpc) is 3.25. The first-order chi connectivity index (χ1) is 14.8. The maximum Gasteiger partial charge on any atom is 0.213 e. The highest BCUT2D eigenvalue weighted by atomic mass is 127. The molecule has 1 aromatic heterocycles. The number of guanidine groups is 1. The zero-order chi connectivity index (χ0) is 22.4. The Bertz CT molecular complexity index is 886. The van der Waals surface area contributed by atoms with Crippen LogP contribution in [0.2, 0.25) is 0 Å². The molecule has 0 saturated carbocycles. The van der Waals surface area contributed by atoms with E-state index in [-0.39, 0.29) is 29.4 Å². The van der Waals surface area contributed by atoms with Crippen LogP contribution in [-0.2, 0) is 18.5 Å². The summed E-state index contributed by atoms with van der Waals surface area (Å²) in [5.74, 6) is 4.17. The van der Waals surface area contributed by atoms with E-state index < -0.39 is 0 Å². The van der Waals surface area contributed by atoms with E-state index in [0.29, 0.717) is 12.4 Å². The Balaban J connectivity index is 0.00000363. The SMILES string of the molecule is CN=C(NCc1ncc(C(C)(C)C)o1)N1CCN(Cc2cc(OC)ccc2OC)CC1.I. The van der Waals surface area contributed by atoms with Gasteiger partial charge in [0.05, 0.1) is 27.0 Å². The first-order valence-electron chi connectivity index (χ1n) is 10.7. The lowest BCUT2D eigenvalue weighted by molar-refractivity contribution is 0.170. The summed E-state index contributed by atoms with van der Waals surface area (Å²) in [6, 6.07) is 5.94. The number of halogens is 1. The molecule has 1 fully saturated rings. The first-order valence-corrected chi connectivity index (χ1v) is 10.7. The Morgan fingerprint density at radius 3 is 2.44 bits per heavy atom. The number of piperazine rings is 1. The van der Waals surface area contributed by atoms with Crippen LogP contribution in [0.15, 0.2) is 33.8 Å². The molecule has 0 aliphatic carbocycles. The molecule has 2 aromatic rings. The van der Waals surface area contributed by atoms with E-state index in [0.717, 1.165) is 61.5 Å². The van der Waals surface area contributed by atoms with Gasteiger partial charge in [0.15, 0.2) is 5.96 Å². The van der Waals surface area contributed by atoms with Gasteiger partial charge in [0, 0.05) is 50.7 Å². The van der Waals surface area contributed by atoms with E-state index in [2.05, 4.69) is 45.9 Å². The van der Waals surface area contributed by atoms with Gasteiger partial charge in [-0.1, -0.05) is 20.8 Å². The summed E-state index contributed by atoms with van der Waals surface area (Å²) < 4.78 is 16.8. The van der Waals surface area contributed by atoms with E-state index in [1.54, 1.807) is 14.2 Å². The molecule has 0 spiro atoms. The number of oxazole rings is 1. The number of methoxy groups -OCH3 is 2. The molecule has 8 nitrogen and oxygen atoms in total. The predicted octanol–water partition coefficient (Wildman–Crippen LogP) is 3.50. The fourth-order valence-electron chi connectivity index (χ4n) is 3.59. The van der Waals surface area contributed by atoms with Gasteiger partial charge in [0.1, 0.15) is 17.3 Å². The molecule has 0 bridgehead atoms. The Kier molecular flexibility index (Phi) is 9.63. The summed E-state index contributed by atoms with van der Waals surface area (Å²) in [5, 5.41) is 3.38. The largest absolute Gasteiger partial charge is 0.497 e. The Morgan fingerprint density at radius 2 is 1.88 bits per heavy atom. The number of ether oxygens (including phenoxy) is 2. The predicted molar refractivity (Wildman–Crippen MR) is 137 cm³/mol. The van der Waals surface area contributed by atoms with Gasteiger partial charge in [-0.2, -0.15) is 0 Å². The molecule has 1 N–H and O–H groups in total. The van der Waals surface area contributed by atoms with E-state index in [1.807, 2.05) is 31.4 Å². The summed E-state index contributed by atoms with van der Waals surface area (Å²) in [7, 11) is 5.20. The molecular formula is C23H36IN5O3. The van der Waals surface area contributed by atoms with Crippen molar-refractivity contribution in [3.63, 3.8) is 0 Å². The van der Waals surface area contributed by atoms with Gasteiger partial charge >= 0.3 is 0 Å². The van der Waals surface area contributed by atoms with Gasteiger partial charge in [-0.05, 0) is 18.2 Å². The normalized spacial score (nSPS) is 15.3. The first kappa shape index (κ1) is 26.2. The second-order valence-electron chi connectivity index (χ2n) is 8.71. The van der Waals surface area contributed by atoms with E-state index in [9.17, 15) is 0 Å². The Labute approximate surface area is 208 Å². The van der Waals surface area contributed by atoms with Gasteiger partial charge in [-0.15, -0.1) is 24.0 Å². The highest BCUT2D eigenvalue weighted by Crippen LogP contribution is 2.26. The minimum atomic E-state index is -0.0469. The molecule has 0 radical (unpaired) electrons. The minimum Gasteiger partial charge on any atom is -0.497 e. The standard InChI is InChI=1S/C23H35N5O3.HI/c1-23(2,3)20-14-25-21(31-20)15-26-22(24-4)28-11-9-27(10-12-28)16-17-13-18(29-5)7-8-19(17)30-6;/h7-8,13-14H,9-12,15-16H2,1-6H3,(H,24,26);1H. The molecule has 1 aromatic carbocycles. The molecule has 1 saturated heterocycles. The lowest BCUT2D eigenvalue weighted by Crippen LogP contribution is -2.52. The lowest BCUT2D eigenvalue weighted by Gasteiger charge is -2.36. The van der Waals surface area contributed by atoms with Crippen LogP contribution >= 0.6 is 24.0 Å². The minimum absolute atomic E-state index is 0. The summed E-state index contributed by atoms with van der Waals surface area (Å²) in [6.07, 6.45) is 1.81. The zero-order valence-electron chi connectivity index (χ0n) is 20.0. The van der Waals surface area contributed by atoms with Crippen LogP contribution in [0.5, 0.6) is 11.5 Å². The van der Waals surface area contributed by atoms with Crippen molar-refractivity contribution < 1.29 is 13.9 Å². The summed E-state index contributed by atoms with van der Waals surface area (Å²) in [4.78, 5) is 13.5. The molecule has 0 atom stereocenters. The maximum absolute atomic E-state index is 5.88. The van der Waals surface area contributed by atoms with Gasteiger partial charge in [-0.25, -0.2) is 4.98 Å². The second-order valence-corrected chi connectivity index (χ2v) is 8.71. The van der Waals surface area contributed by atoms with Crippen LogP contribution in [0, 0.1) is 0 Å². The molecule has 0 amide bonds. The summed E-state index contributed by atoms with van der Waals surface area (Å²) in [5.41, 5.74) is 1.09. The van der Waals surface area contributed by atoms with E-state index in [1.165, 1.54) is 0 Å². The number of rotatable bonds is 6. The van der Waals surface area contributed by atoms with Crippen molar-refractivity contribution in [1.29, 1.82) is 0 Å². The fourth-order valence-corrected chi connectivity index (χ4v) is 3.59. The van der Waals surface area contributed by atoms with Gasteiger partial charge < -0.3 is 24.1 Å². The van der Waals surface area contributed by atoms with Crippen molar-refractivity contribution in [3.05, 3.63) is 41.6 Å². The molecule has 32 heavy (non-hydrogen) atoms. The van der Waals surface area contributed by atoms with Crippen molar-refractivity contribution in [3.8, 4) is 11.5 Å². The van der Waals surface area contributed by atoms with Crippen LogP contribution in [0.1, 0.15) is 38.0 Å². The number of aliphatic imine (C=N–C) groups is 1. The molecule has 9 heteroatoms. The van der Waals surface area contributed by atoms with Crippen molar-refractivity contribution >= 4 is 29.9 Å². The molecular weight excluding hydrogens is 521 g/mol. The number of nitrogens with one attached hydrogen (secondary N) is 1. The molecule has 178 valence electrons. The smallest absolute Gasteiger partial charge is 0.213 e. The van der Waals surface area contributed by atoms with Crippen LogP contribution in [0.3, 0.4) is 0 Å². The number of nitrogens with zero attached hydrogens (tertiary/aromatic N) is 4. The summed E-state index contributed by atoms with van der Waals surface area (Å²) in [6.45, 7) is 11.4. The Morgan fingerprint density at radius 1 is 1.16 bits per heavy atom. The topological polar surface area (TPSA) is 75.4 Å². The quantitative estimate of drug-likeness (QED) is 0.331. The third kappa shape index (κ3) is 6.74. The number of benzene rings is 1. The highest BCUT2D eigenvalue weighted by molar-refractivity contribution is 14.0. The van der Waals surface area contributed by atoms with E-state index in [4.69, 9.17) is 13.9 Å². The second kappa shape index (κ2) is 11.7.